The summed E-state index contributed by atoms with van der Waals surface area (Å²) < 4.78 is 15.2. The van der Waals surface area contributed by atoms with Crippen LogP contribution < -0.4 is 0 Å². The number of fused-ring (bicyclic) bond motifs is 2. The monoisotopic (exact) mass is 176 g/mol. The Morgan fingerprint density at radius 1 is 1.33 bits per heavy atom. The van der Waals surface area contributed by atoms with Crippen LogP contribution in [0.15, 0.2) is 0 Å². The van der Waals surface area contributed by atoms with Gasteiger partial charge in [-0.15, -0.1) is 0 Å². The van der Waals surface area contributed by atoms with Gasteiger partial charge < -0.3 is 24.4 Å². The predicted molar refractivity (Wildman–Crippen MR) is 37.4 cm³/mol. The van der Waals surface area contributed by atoms with Gasteiger partial charge in [0.1, 0.15) is 24.4 Å². The van der Waals surface area contributed by atoms with Gasteiger partial charge in [0.2, 0.25) is 0 Å². The molecule has 2 N–H and O–H groups in total. The Hall–Kier alpha value is -0.200. The van der Waals surface area contributed by atoms with Crippen LogP contribution in [0.3, 0.4) is 0 Å². The molecular formula is C7H12O5. The molecule has 70 valence electrons. The van der Waals surface area contributed by atoms with Crippen LogP contribution in [0.4, 0.5) is 0 Å². The zero-order valence-corrected chi connectivity index (χ0v) is 6.71. The van der Waals surface area contributed by atoms with E-state index in [4.69, 9.17) is 14.2 Å². The van der Waals surface area contributed by atoms with Gasteiger partial charge in [0, 0.05) is 7.11 Å². The van der Waals surface area contributed by atoms with E-state index in [0.717, 1.165) is 0 Å². The molecule has 2 saturated heterocycles. The highest BCUT2D eigenvalue weighted by molar-refractivity contribution is 4.94. The van der Waals surface area contributed by atoms with Gasteiger partial charge in [-0.05, 0) is 0 Å². The summed E-state index contributed by atoms with van der Waals surface area (Å²) >= 11 is 0. The minimum atomic E-state index is -0.899. The fourth-order valence-corrected chi connectivity index (χ4v) is 1.64. The van der Waals surface area contributed by atoms with Crippen molar-refractivity contribution in [2.75, 3.05) is 13.7 Å². The lowest BCUT2D eigenvalue weighted by molar-refractivity contribution is -0.253. The second kappa shape index (κ2) is 2.93. The molecule has 0 amide bonds. The van der Waals surface area contributed by atoms with Crippen molar-refractivity contribution in [1.29, 1.82) is 0 Å². The average molecular weight is 176 g/mol. The molecule has 0 saturated carbocycles. The summed E-state index contributed by atoms with van der Waals surface area (Å²) in [6.07, 6.45) is -3.22. The normalized spacial score (nSPS) is 52.8. The van der Waals surface area contributed by atoms with E-state index < -0.39 is 24.6 Å². The Morgan fingerprint density at radius 2 is 2.08 bits per heavy atom. The molecule has 5 heteroatoms. The number of hydrogen-bond donors (Lipinski definition) is 2. The molecule has 2 aliphatic rings. The number of methoxy groups -OCH3 is 1. The van der Waals surface area contributed by atoms with Gasteiger partial charge in [-0.1, -0.05) is 0 Å². The summed E-state index contributed by atoms with van der Waals surface area (Å²) in [7, 11) is 1.45. The Labute approximate surface area is 69.8 Å². The van der Waals surface area contributed by atoms with Gasteiger partial charge >= 0.3 is 0 Å². The van der Waals surface area contributed by atoms with Crippen molar-refractivity contribution >= 4 is 0 Å². The van der Waals surface area contributed by atoms with E-state index in [-0.39, 0.29) is 6.10 Å². The first-order chi connectivity index (χ1) is 5.74. The third-order valence-corrected chi connectivity index (χ3v) is 2.33. The number of aliphatic hydroxyl groups excluding tert-OH is 2. The largest absolute Gasteiger partial charge is 0.387 e. The van der Waals surface area contributed by atoms with Gasteiger partial charge in [-0.25, -0.2) is 0 Å². The molecule has 2 aliphatic heterocycles. The van der Waals surface area contributed by atoms with Crippen LogP contribution in [0.5, 0.6) is 0 Å². The zero-order chi connectivity index (χ0) is 8.72. The molecule has 5 nitrogen and oxygen atoms in total. The fourth-order valence-electron chi connectivity index (χ4n) is 1.64. The summed E-state index contributed by atoms with van der Waals surface area (Å²) in [5.74, 6) is 0. The Bertz CT molecular complexity index is 173. The van der Waals surface area contributed by atoms with E-state index in [2.05, 4.69) is 0 Å². The van der Waals surface area contributed by atoms with E-state index >= 15 is 0 Å². The summed E-state index contributed by atoms with van der Waals surface area (Å²) in [5, 5.41) is 18.9. The first-order valence-corrected chi connectivity index (χ1v) is 3.90. The van der Waals surface area contributed by atoms with Gasteiger partial charge in [-0.2, -0.15) is 0 Å². The third-order valence-electron chi connectivity index (χ3n) is 2.33. The number of hydrogen-bond acceptors (Lipinski definition) is 5. The van der Waals surface area contributed by atoms with Crippen LogP contribution in [0.1, 0.15) is 0 Å². The van der Waals surface area contributed by atoms with E-state index in [0.29, 0.717) is 6.61 Å². The van der Waals surface area contributed by atoms with Crippen LogP contribution >= 0.6 is 0 Å². The Kier molecular flexibility index (Phi) is 2.05. The number of aliphatic hydroxyl groups is 2. The van der Waals surface area contributed by atoms with Crippen molar-refractivity contribution in [3.63, 3.8) is 0 Å². The maximum atomic E-state index is 9.49. The summed E-state index contributed by atoms with van der Waals surface area (Å²) in [5.41, 5.74) is 0. The van der Waals surface area contributed by atoms with E-state index in [1.165, 1.54) is 7.11 Å². The Balaban J connectivity index is 2.12. The highest BCUT2D eigenvalue weighted by Crippen LogP contribution is 2.29. The molecule has 0 radical (unpaired) electrons. The van der Waals surface area contributed by atoms with Crippen molar-refractivity contribution in [1.82, 2.24) is 0 Å². The smallest absolute Gasteiger partial charge is 0.186 e. The minimum Gasteiger partial charge on any atom is -0.387 e. The third kappa shape index (κ3) is 1.06. The summed E-state index contributed by atoms with van der Waals surface area (Å²) in [6, 6.07) is 0. The van der Waals surface area contributed by atoms with Crippen LogP contribution in [-0.4, -0.2) is 54.6 Å². The fraction of sp³-hybridized carbons (Fsp3) is 1.00. The summed E-state index contributed by atoms with van der Waals surface area (Å²) in [4.78, 5) is 0. The van der Waals surface area contributed by atoms with Crippen molar-refractivity contribution in [2.24, 2.45) is 0 Å². The lowest BCUT2D eigenvalue weighted by atomic mass is 10.0. The molecule has 0 aromatic carbocycles. The van der Waals surface area contributed by atoms with Crippen LogP contribution in [0, 0.1) is 0 Å². The SMILES string of the molecule is CO[C@@H]1O[C@H]2CO[C@H]([C@@H]1O)[C@H]2O. The zero-order valence-electron chi connectivity index (χ0n) is 6.71. The van der Waals surface area contributed by atoms with Gasteiger partial charge in [0.15, 0.2) is 6.29 Å². The first kappa shape index (κ1) is 8.40. The lowest BCUT2D eigenvalue weighted by Gasteiger charge is -2.33. The molecular weight excluding hydrogens is 164 g/mol. The highest BCUT2D eigenvalue weighted by atomic mass is 16.7. The Morgan fingerprint density at radius 3 is 2.75 bits per heavy atom. The van der Waals surface area contributed by atoms with Crippen molar-refractivity contribution < 1.29 is 24.4 Å². The van der Waals surface area contributed by atoms with Gasteiger partial charge in [-0.3, -0.25) is 0 Å². The quantitative estimate of drug-likeness (QED) is 0.507. The number of ether oxygens (including phenoxy) is 3. The molecule has 2 bridgehead atoms. The van der Waals surface area contributed by atoms with Crippen molar-refractivity contribution in [3.05, 3.63) is 0 Å². The van der Waals surface area contributed by atoms with E-state index in [1.54, 1.807) is 0 Å². The molecule has 2 heterocycles. The van der Waals surface area contributed by atoms with E-state index in [9.17, 15) is 10.2 Å². The maximum absolute atomic E-state index is 9.49. The lowest BCUT2D eigenvalue weighted by Crippen LogP contribution is -2.53. The standard InChI is InChI=1S/C7H12O5/c1-10-7-5(9)6-4(8)3(12-7)2-11-6/h3-9H,2H2,1H3/t3-,4-,5-,6-,7+/m0/s1. The van der Waals surface area contributed by atoms with Crippen molar-refractivity contribution in [2.45, 2.75) is 30.7 Å². The number of rotatable bonds is 1. The molecule has 0 aliphatic carbocycles. The molecule has 2 rings (SSSR count). The first-order valence-electron chi connectivity index (χ1n) is 3.90. The molecule has 0 aromatic heterocycles. The molecule has 5 atom stereocenters. The minimum absolute atomic E-state index is 0.322. The summed E-state index contributed by atoms with van der Waals surface area (Å²) in [6.45, 7) is 0.322. The highest BCUT2D eigenvalue weighted by Gasteiger charge is 2.50. The molecule has 0 unspecified atom stereocenters. The molecule has 12 heavy (non-hydrogen) atoms. The van der Waals surface area contributed by atoms with Gasteiger partial charge in [0.25, 0.3) is 0 Å². The van der Waals surface area contributed by atoms with Crippen LogP contribution in [0.25, 0.3) is 0 Å². The van der Waals surface area contributed by atoms with Gasteiger partial charge in [0.05, 0.1) is 6.61 Å². The maximum Gasteiger partial charge on any atom is 0.186 e. The van der Waals surface area contributed by atoms with E-state index in [1.807, 2.05) is 0 Å². The van der Waals surface area contributed by atoms with Crippen LogP contribution in [0.2, 0.25) is 0 Å². The average Bonchev–Trinajstić information content (AvgIpc) is 2.31. The molecule has 0 aromatic rings. The predicted octanol–water partition coefficient (Wildman–Crippen LogP) is -1.52. The van der Waals surface area contributed by atoms with Crippen molar-refractivity contribution in [3.8, 4) is 0 Å². The molecule has 2 fully saturated rings. The second-order valence-electron chi connectivity index (χ2n) is 3.06. The molecule has 0 spiro atoms. The van der Waals surface area contributed by atoms with Crippen LogP contribution in [-0.2, 0) is 14.2 Å². The topological polar surface area (TPSA) is 68.2 Å². The second-order valence-corrected chi connectivity index (χ2v) is 3.06.